The summed E-state index contributed by atoms with van der Waals surface area (Å²) in [6.07, 6.45) is 5.95. The minimum absolute atomic E-state index is 0.184. The Hall–Kier alpha value is -2.60. The van der Waals surface area contributed by atoms with Crippen LogP contribution >= 0.6 is 0 Å². The number of aryl methyl sites for hydroxylation is 2. The first-order chi connectivity index (χ1) is 12.3. The second kappa shape index (κ2) is 5.99. The molecule has 0 N–H and O–H groups in total. The fourth-order valence-corrected chi connectivity index (χ4v) is 3.65. The van der Waals surface area contributed by atoms with E-state index in [2.05, 4.69) is 101 Å². The van der Waals surface area contributed by atoms with E-state index in [9.17, 15) is 0 Å². The van der Waals surface area contributed by atoms with Crippen LogP contribution in [0.3, 0.4) is 0 Å². The third-order valence-electron chi connectivity index (χ3n) is 5.28. The van der Waals surface area contributed by atoms with Crippen LogP contribution in [0.2, 0.25) is 0 Å². The average Bonchev–Trinajstić information content (AvgIpc) is 2.95. The predicted molar refractivity (Wildman–Crippen MR) is 112 cm³/mol. The summed E-state index contributed by atoms with van der Waals surface area (Å²) >= 11 is 0. The normalized spacial score (nSPS) is 13.3. The summed E-state index contributed by atoms with van der Waals surface area (Å²) in [7, 11) is 0. The van der Waals surface area contributed by atoms with E-state index in [0.29, 0.717) is 0 Å². The molecule has 1 aliphatic carbocycles. The lowest BCUT2D eigenvalue weighted by atomic mass is 9.86. The van der Waals surface area contributed by atoms with Gasteiger partial charge in [-0.3, -0.25) is 0 Å². The summed E-state index contributed by atoms with van der Waals surface area (Å²) in [5.74, 6) is 0. The van der Waals surface area contributed by atoms with Crippen LogP contribution in [0.15, 0.2) is 54.6 Å². The molecule has 0 bridgehead atoms. The van der Waals surface area contributed by atoms with Crippen molar-refractivity contribution in [3.8, 4) is 11.1 Å². The van der Waals surface area contributed by atoms with Gasteiger partial charge < -0.3 is 0 Å². The summed E-state index contributed by atoms with van der Waals surface area (Å²) in [6.45, 7) is 11.1. The molecule has 26 heavy (non-hydrogen) atoms. The molecule has 0 heterocycles. The summed E-state index contributed by atoms with van der Waals surface area (Å²) in [5.41, 5.74) is 9.16. The summed E-state index contributed by atoms with van der Waals surface area (Å²) in [6, 6.07) is 20.0. The first-order valence-corrected chi connectivity index (χ1v) is 9.30. The number of hydrogen-bond donors (Lipinski definition) is 0. The third kappa shape index (κ3) is 2.90. The maximum Gasteiger partial charge on any atom is -0.000743 e. The lowest BCUT2D eigenvalue weighted by molar-refractivity contribution is 0.590. The van der Waals surface area contributed by atoms with E-state index in [-0.39, 0.29) is 5.41 Å². The molecule has 3 aromatic rings. The van der Waals surface area contributed by atoms with Crippen LogP contribution < -0.4 is 10.4 Å². The molecule has 1 aliphatic rings. The van der Waals surface area contributed by atoms with Crippen LogP contribution in [0.5, 0.6) is 0 Å². The highest BCUT2D eigenvalue weighted by atomic mass is 14.2. The van der Waals surface area contributed by atoms with Crippen molar-refractivity contribution in [1.82, 2.24) is 0 Å². The van der Waals surface area contributed by atoms with E-state index < -0.39 is 0 Å². The zero-order valence-electron chi connectivity index (χ0n) is 16.3. The van der Waals surface area contributed by atoms with Crippen molar-refractivity contribution in [1.29, 1.82) is 0 Å². The molecule has 4 rings (SSSR count). The molecule has 0 saturated heterocycles. The van der Waals surface area contributed by atoms with Crippen molar-refractivity contribution < 1.29 is 0 Å². The Morgan fingerprint density at radius 1 is 0.808 bits per heavy atom. The second-order valence-corrected chi connectivity index (χ2v) is 8.41. The average molecular weight is 337 g/mol. The van der Waals surface area contributed by atoms with Crippen LogP contribution in [-0.4, -0.2) is 0 Å². The monoisotopic (exact) mass is 337 g/mol. The smallest absolute Gasteiger partial charge is 0.000743 e. The Bertz CT molecular complexity index is 1100. The van der Waals surface area contributed by atoms with Crippen molar-refractivity contribution in [2.45, 2.75) is 40.0 Å². The maximum absolute atomic E-state index is 3.65. The van der Waals surface area contributed by atoms with E-state index in [4.69, 9.17) is 0 Å². The highest BCUT2D eigenvalue weighted by Gasteiger charge is 2.15. The second-order valence-electron chi connectivity index (χ2n) is 8.41. The molecule has 3 aromatic carbocycles. The molecule has 0 spiro atoms. The Labute approximate surface area is 156 Å². The fraction of sp³-hybridized carbons (Fsp3) is 0.231. The molecule has 0 aliphatic heterocycles. The minimum Gasteiger partial charge on any atom is -0.0587 e. The van der Waals surface area contributed by atoms with Crippen molar-refractivity contribution >= 4 is 12.2 Å². The van der Waals surface area contributed by atoms with E-state index in [0.717, 1.165) is 0 Å². The van der Waals surface area contributed by atoms with Crippen LogP contribution in [0.1, 0.15) is 48.6 Å². The van der Waals surface area contributed by atoms with Gasteiger partial charge in [-0.1, -0.05) is 80.9 Å². The van der Waals surface area contributed by atoms with Gasteiger partial charge >= 0.3 is 0 Å². The molecule has 0 amide bonds. The first-order valence-electron chi connectivity index (χ1n) is 9.30. The van der Waals surface area contributed by atoms with Gasteiger partial charge in [-0.15, -0.1) is 0 Å². The summed E-state index contributed by atoms with van der Waals surface area (Å²) in [4.78, 5) is 0. The lowest BCUT2D eigenvalue weighted by Crippen LogP contribution is -2.27. The highest BCUT2D eigenvalue weighted by Crippen LogP contribution is 2.27. The molecular weight excluding hydrogens is 312 g/mol. The highest BCUT2D eigenvalue weighted by molar-refractivity contribution is 5.83. The zero-order chi connectivity index (χ0) is 18.5. The van der Waals surface area contributed by atoms with Crippen LogP contribution in [-0.2, 0) is 5.41 Å². The Kier molecular flexibility index (Phi) is 3.88. The van der Waals surface area contributed by atoms with E-state index in [1.807, 2.05) is 0 Å². The summed E-state index contributed by atoms with van der Waals surface area (Å²) in [5, 5.41) is 2.50. The van der Waals surface area contributed by atoms with Crippen molar-refractivity contribution in [3.05, 3.63) is 92.9 Å². The van der Waals surface area contributed by atoms with E-state index in [1.54, 1.807) is 0 Å². The van der Waals surface area contributed by atoms with Gasteiger partial charge in [0.1, 0.15) is 0 Å². The van der Waals surface area contributed by atoms with Gasteiger partial charge in [0.15, 0.2) is 0 Å². The molecular formula is C26H25. The van der Waals surface area contributed by atoms with Gasteiger partial charge in [-0.25, -0.2) is 0 Å². The first kappa shape index (κ1) is 16.8. The van der Waals surface area contributed by atoms with Crippen LogP contribution in [0.4, 0.5) is 0 Å². The minimum atomic E-state index is 0.184. The standard InChI is InChI=1S/C26H25/c1-17-6-12-22-20(14-17)16-25-23(22)13-7-18(2)24(25)15-19-8-10-21(11-9-19)26(3,4)5/h6-15H,1-5H3. The molecule has 1 radical (unpaired) electrons. The van der Waals surface area contributed by atoms with Gasteiger partial charge in [-0.05, 0) is 75.2 Å². The number of benzene rings is 3. The van der Waals surface area contributed by atoms with Gasteiger partial charge in [-0.2, -0.15) is 0 Å². The topological polar surface area (TPSA) is 0 Å². The molecule has 0 nitrogen and oxygen atoms in total. The Morgan fingerprint density at radius 2 is 1.50 bits per heavy atom. The maximum atomic E-state index is 3.65. The van der Waals surface area contributed by atoms with Gasteiger partial charge in [0.25, 0.3) is 0 Å². The van der Waals surface area contributed by atoms with Crippen LogP contribution in [0.25, 0.3) is 23.3 Å². The van der Waals surface area contributed by atoms with Crippen LogP contribution in [0, 0.1) is 13.8 Å². The largest absolute Gasteiger partial charge is 0.0587 e. The number of hydrogen-bond acceptors (Lipinski definition) is 0. The Morgan fingerprint density at radius 3 is 2.19 bits per heavy atom. The number of rotatable bonds is 1. The lowest BCUT2D eigenvalue weighted by Gasteiger charge is -2.18. The third-order valence-corrected chi connectivity index (χ3v) is 5.28. The van der Waals surface area contributed by atoms with Crippen molar-refractivity contribution in [2.24, 2.45) is 0 Å². The Balaban J connectivity index is 1.89. The van der Waals surface area contributed by atoms with Gasteiger partial charge in [0.05, 0.1) is 0 Å². The predicted octanol–water partition coefficient (Wildman–Crippen LogP) is 5.12. The van der Waals surface area contributed by atoms with Gasteiger partial charge in [0.2, 0.25) is 0 Å². The number of fused-ring (bicyclic) bond motifs is 3. The van der Waals surface area contributed by atoms with Crippen molar-refractivity contribution in [3.63, 3.8) is 0 Å². The molecule has 129 valence electrons. The van der Waals surface area contributed by atoms with Crippen molar-refractivity contribution in [2.75, 3.05) is 0 Å². The summed E-state index contributed by atoms with van der Waals surface area (Å²) < 4.78 is 0. The quantitative estimate of drug-likeness (QED) is 0.452. The molecule has 0 aromatic heterocycles. The molecule has 0 atom stereocenters. The zero-order valence-corrected chi connectivity index (χ0v) is 16.3. The fourth-order valence-electron chi connectivity index (χ4n) is 3.65. The molecule has 0 unspecified atom stereocenters. The molecule has 0 saturated carbocycles. The van der Waals surface area contributed by atoms with E-state index >= 15 is 0 Å². The van der Waals surface area contributed by atoms with E-state index in [1.165, 1.54) is 49.4 Å². The SMILES string of the molecule is Cc1ccc2c(c1)[C]=c1c-2ccc(C)c1=Cc1ccc(C(C)(C)C)cc1. The molecule has 0 heteroatoms. The molecule has 0 fully saturated rings. The van der Waals surface area contributed by atoms with Gasteiger partial charge in [0, 0.05) is 0 Å².